The molecule has 0 aromatic carbocycles. The molecular formula is H5CuNiPSn. The zero-order valence-corrected chi connectivity index (χ0v) is 9.41. The summed E-state index contributed by atoms with van der Waals surface area (Å²) in [6.45, 7) is 0. The second-order valence-corrected chi connectivity index (χ2v) is 0. The first-order chi connectivity index (χ1) is 0. The second kappa shape index (κ2) is 18.8. The van der Waals surface area contributed by atoms with E-state index in [-0.39, 0.29) is 67.4 Å². The zero-order chi connectivity index (χ0) is 0. The van der Waals surface area contributed by atoms with Gasteiger partial charge in [0.1, 0.15) is 0 Å². The molecule has 1 unspecified atom stereocenters. The van der Waals surface area contributed by atoms with Crippen LogP contribution in [0.25, 0.3) is 0 Å². The Labute approximate surface area is 66.8 Å². The van der Waals surface area contributed by atoms with Crippen molar-refractivity contribution in [2.75, 3.05) is 0 Å². The van der Waals surface area contributed by atoms with Crippen LogP contribution in [0, 0.1) is 0 Å². The van der Waals surface area contributed by atoms with Crippen molar-refractivity contribution in [2.24, 2.45) is 0 Å². The minimum absolute atomic E-state index is 0. The van der Waals surface area contributed by atoms with E-state index in [2.05, 4.69) is 0 Å². The van der Waals surface area contributed by atoms with E-state index in [1.165, 1.54) is 0 Å². The van der Waals surface area contributed by atoms with E-state index >= 15 is 0 Å². The van der Waals surface area contributed by atoms with Crippen LogP contribution in [0.2, 0.25) is 0 Å². The van der Waals surface area contributed by atoms with Crippen molar-refractivity contribution >= 4 is 33.8 Å². The Morgan fingerprint density at radius 2 is 1.00 bits per heavy atom. The first-order valence-corrected chi connectivity index (χ1v) is 0. The SMILES string of the molecule is P.[Cu].[Ni].[SnH2]. The third kappa shape index (κ3) is 8.87. The molecule has 0 rings (SSSR count). The molecule has 0 bridgehead atoms. The second-order valence-electron chi connectivity index (χ2n) is 0. The van der Waals surface area contributed by atoms with Gasteiger partial charge in [-0.15, -0.1) is 0 Å². The van der Waals surface area contributed by atoms with Gasteiger partial charge >= 0.3 is 23.9 Å². The van der Waals surface area contributed by atoms with Crippen LogP contribution in [0.4, 0.5) is 0 Å². The summed E-state index contributed by atoms with van der Waals surface area (Å²) in [5.41, 5.74) is 0. The van der Waals surface area contributed by atoms with Crippen molar-refractivity contribution in [1.82, 2.24) is 0 Å². The normalized spacial score (nSPS) is 0. The molecule has 0 amide bonds. The van der Waals surface area contributed by atoms with E-state index in [1.807, 2.05) is 0 Å². The van der Waals surface area contributed by atoms with Crippen molar-refractivity contribution in [3.8, 4) is 0 Å². The van der Waals surface area contributed by atoms with Gasteiger partial charge in [0.25, 0.3) is 0 Å². The van der Waals surface area contributed by atoms with Gasteiger partial charge in [-0.3, -0.25) is 0 Å². The van der Waals surface area contributed by atoms with Gasteiger partial charge in [0.15, 0.2) is 0 Å². The van der Waals surface area contributed by atoms with Crippen molar-refractivity contribution < 1.29 is 33.6 Å². The quantitative estimate of drug-likeness (QED) is 0.399. The molecule has 35 valence electrons. The fourth-order valence-corrected chi connectivity index (χ4v) is 0. The Bertz CT molecular complexity index is 8.00. The topological polar surface area (TPSA) is 0 Å². The monoisotopic (exact) mass is 277 g/mol. The van der Waals surface area contributed by atoms with E-state index in [0.717, 1.165) is 0 Å². The minimum atomic E-state index is 0. The molecule has 0 spiro atoms. The van der Waals surface area contributed by atoms with Crippen molar-refractivity contribution in [3.05, 3.63) is 0 Å². The average molecular weight is 277 g/mol. The summed E-state index contributed by atoms with van der Waals surface area (Å²) >= 11 is 0. The molecule has 0 N–H and O–H groups in total. The molecule has 0 nitrogen and oxygen atoms in total. The van der Waals surface area contributed by atoms with Gasteiger partial charge in [-0.1, -0.05) is 0 Å². The number of hydrogen-bond donors (Lipinski definition) is 0. The van der Waals surface area contributed by atoms with Gasteiger partial charge < -0.3 is 0 Å². The molecule has 0 fully saturated rings. The first-order valence-electron chi connectivity index (χ1n) is 0. The zero-order valence-electron chi connectivity index (χ0n) is 2.03. The summed E-state index contributed by atoms with van der Waals surface area (Å²) < 4.78 is 0. The molecule has 0 saturated heterocycles. The molecule has 4 heavy (non-hydrogen) atoms. The van der Waals surface area contributed by atoms with Gasteiger partial charge in [-0.25, -0.2) is 0 Å². The van der Waals surface area contributed by atoms with Crippen molar-refractivity contribution in [1.29, 1.82) is 0 Å². The van der Waals surface area contributed by atoms with Gasteiger partial charge in [-0.05, 0) is 0 Å². The van der Waals surface area contributed by atoms with Crippen LogP contribution >= 0.6 is 9.90 Å². The Hall–Kier alpha value is 2.24. The molecular weight excluding hydrogens is 272 g/mol. The van der Waals surface area contributed by atoms with Crippen LogP contribution in [0.1, 0.15) is 0 Å². The molecule has 0 saturated carbocycles. The molecule has 4 heteroatoms. The third-order valence-electron chi connectivity index (χ3n) is 0. The molecule has 0 aliphatic rings. The van der Waals surface area contributed by atoms with E-state index in [9.17, 15) is 0 Å². The summed E-state index contributed by atoms with van der Waals surface area (Å²) in [5.74, 6) is 0. The fraction of sp³-hybridized carbons (Fsp3) is 0. The summed E-state index contributed by atoms with van der Waals surface area (Å²) in [6, 6.07) is 0. The summed E-state index contributed by atoms with van der Waals surface area (Å²) in [6.07, 6.45) is 0. The maximum atomic E-state index is 0. The van der Waals surface area contributed by atoms with E-state index < -0.39 is 0 Å². The van der Waals surface area contributed by atoms with Gasteiger partial charge in [0.05, 0.1) is 0 Å². The molecule has 0 aliphatic carbocycles. The molecule has 0 aliphatic heterocycles. The number of hydrogen-bond acceptors (Lipinski definition) is 0. The standard InChI is InChI=1S/Cu.Ni.H3P.Sn.2H/h;;1H3;;;. The predicted octanol–water partition coefficient (Wildman–Crippen LogP) is -0.863. The van der Waals surface area contributed by atoms with Crippen molar-refractivity contribution in [3.63, 3.8) is 0 Å². The number of rotatable bonds is 0. The summed E-state index contributed by atoms with van der Waals surface area (Å²) in [5, 5.41) is 0. The van der Waals surface area contributed by atoms with Crippen LogP contribution in [-0.2, 0) is 33.6 Å². The van der Waals surface area contributed by atoms with Gasteiger partial charge in [-0.2, -0.15) is 9.90 Å². The molecule has 0 aromatic rings. The fourth-order valence-electron chi connectivity index (χ4n) is 0. The third-order valence-corrected chi connectivity index (χ3v) is 0. The molecule has 3 radical (unpaired) electrons. The average Bonchev–Trinajstić information content (AvgIpc) is 0. The Balaban J connectivity index is 0. The van der Waals surface area contributed by atoms with Gasteiger partial charge in [0, 0.05) is 33.6 Å². The Kier molecular flexibility index (Phi) is 160. The van der Waals surface area contributed by atoms with Crippen LogP contribution in [0.3, 0.4) is 0 Å². The van der Waals surface area contributed by atoms with Crippen LogP contribution < -0.4 is 0 Å². The van der Waals surface area contributed by atoms with Crippen LogP contribution in [0.5, 0.6) is 0 Å². The van der Waals surface area contributed by atoms with Crippen molar-refractivity contribution in [2.45, 2.75) is 0 Å². The maximum absolute atomic E-state index is 0. The van der Waals surface area contributed by atoms with Crippen LogP contribution in [-0.4, -0.2) is 23.9 Å². The first kappa shape index (κ1) is 34.1. The Morgan fingerprint density at radius 1 is 1.00 bits per heavy atom. The molecule has 0 aromatic heterocycles. The van der Waals surface area contributed by atoms with E-state index in [0.29, 0.717) is 0 Å². The van der Waals surface area contributed by atoms with E-state index in [4.69, 9.17) is 0 Å². The molecule has 0 heterocycles. The summed E-state index contributed by atoms with van der Waals surface area (Å²) in [4.78, 5) is 0. The van der Waals surface area contributed by atoms with Gasteiger partial charge in [0.2, 0.25) is 0 Å². The van der Waals surface area contributed by atoms with Crippen LogP contribution in [0.15, 0.2) is 0 Å². The Morgan fingerprint density at radius 3 is 1.00 bits per heavy atom. The van der Waals surface area contributed by atoms with E-state index in [1.54, 1.807) is 0 Å². The predicted molar refractivity (Wildman–Crippen MR) is 19.6 cm³/mol. The molecule has 1 atom stereocenters. The summed E-state index contributed by atoms with van der Waals surface area (Å²) in [7, 11) is 0.